The van der Waals surface area contributed by atoms with Gasteiger partial charge in [-0.3, -0.25) is 0 Å². The molecule has 1 N–H and O–H groups in total. The van der Waals surface area contributed by atoms with Gasteiger partial charge in [0.15, 0.2) is 5.60 Å². The predicted molar refractivity (Wildman–Crippen MR) is 162 cm³/mol. The highest BCUT2D eigenvalue weighted by atomic mass is 32.2. The molecule has 2 aliphatic heterocycles. The zero-order chi connectivity index (χ0) is 27.5. The van der Waals surface area contributed by atoms with Gasteiger partial charge < -0.3 is 14.8 Å². The van der Waals surface area contributed by atoms with Crippen LogP contribution in [0.3, 0.4) is 0 Å². The van der Waals surface area contributed by atoms with Gasteiger partial charge in [0.2, 0.25) is 0 Å². The van der Waals surface area contributed by atoms with Crippen LogP contribution in [-0.2, 0) is 10.3 Å². The lowest BCUT2D eigenvalue weighted by atomic mass is 9.77. The minimum Gasteiger partial charge on any atom is -0.456 e. The molecule has 0 saturated heterocycles. The maximum absolute atomic E-state index is 13.3. The Kier molecular flexibility index (Phi) is 7.55. The number of para-hydroxylation sites is 1. The third-order valence-electron chi connectivity index (χ3n) is 7.50. The van der Waals surface area contributed by atoms with Crippen LogP contribution in [0, 0.1) is 0 Å². The molecule has 0 saturated carbocycles. The second-order valence-electron chi connectivity index (χ2n) is 10.3. The second kappa shape index (κ2) is 11.4. The molecule has 0 fully saturated rings. The third-order valence-corrected chi connectivity index (χ3v) is 8.59. The van der Waals surface area contributed by atoms with Crippen LogP contribution in [0.5, 0.6) is 11.5 Å². The van der Waals surface area contributed by atoms with Gasteiger partial charge in [0, 0.05) is 46.1 Å². The molecule has 6 heteroatoms. The van der Waals surface area contributed by atoms with Crippen LogP contribution in [0.15, 0.2) is 95.9 Å². The van der Waals surface area contributed by atoms with Crippen molar-refractivity contribution in [3.8, 4) is 11.5 Å². The van der Waals surface area contributed by atoms with E-state index in [2.05, 4.69) is 41.7 Å². The average molecular weight is 551 g/mol. The Morgan fingerprint density at radius 3 is 2.27 bits per heavy atom. The monoisotopic (exact) mass is 550 g/mol. The lowest BCUT2D eigenvalue weighted by Crippen LogP contribution is -2.33. The van der Waals surface area contributed by atoms with Crippen molar-refractivity contribution in [3.05, 3.63) is 113 Å². The summed E-state index contributed by atoms with van der Waals surface area (Å²) in [7, 11) is 0. The minimum atomic E-state index is -1.09. The Balaban J connectivity index is 1.43. The number of nitrogens with one attached hydrogen (secondary N) is 1. The number of anilines is 2. The molecule has 2 heterocycles. The van der Waals surface area contributed by atoms with Crippen LogP contribution < -0.4 is 10.1 Å². The van der Waals surface area contributed by atoms with Crippen LogP contribution in [-0.4, -0.2) is 23.4 Å². The number of ether oxygens (including phenoxy) is 2. The van der Waals surface area contributed by atoms with Crippen LogP contribution in [0.4, 0.5) is 11.4 Å². The van der Waals surface area contributed by atoms with Crippen LogP contribution in [0.2, 0.25) is 0 Å². The molecular formula is C34H34N2O3S. The predicted octanol–water partition coefficient (Wildman–Crippen LogP) is 8.91. The molecule has 0 aromatic heterocycles. The summed E-state index contributed by atoms with van der Waals surface area (Å²) in [5.41, 5.74) is 3.88. The summed E-state index contributed by atoms with van der Waals surface area (Å²) in [4.78, 5) is 14.4. The van der Waals surface area contributed by atoms with E-state index in [0.717, 1.165) is 51.8 Å². The minimum absolute atomic E-state index is 0.320. The lowest BCUT2D eigenvalue weighted by molar-refractivity contribution is 0.0224. The van der Waals surface area contributed by atoms with E-state index in [1.165, 1.54) is 25.7 Å². The quantitative estimate of drug-likeness (QED) is 0.157. The van der Waals surface area contributed by atoms with E-state index in [9.17, 15) is 4.79 Å². The number of nitrogens with zero attached hydrogens (tertiary/aromatic N) is 1. The number of carbonyl (C=O) groups excluding carboxylic acids is 1. The SMILES string of the molecule is CCCCN(CCCC)Sc1ccc2c(c1)Oc1ccc(Nc3ccccc3)cc1C21OC(=O)c2ccccc21. The summed E-state index contributed by atoms with van der Waals surface area (Å²) in [5.74, 6) is 1.09. The molecule has 5 nitrogen and oxygen atoms in total. The summed E-state index contributed by atoms with van der Waals surface area (Å²) in [5, 5.41) is 3.48. The van der Waals surface area contributed by atoms with Crippen molar-refractivity contribution >= 4 is 29.3 Å². The van der Waals surface area contributed by atoms with E-state index in [1.807, 2.05) is 72.8 Å². The first-order valence-electron chi connectivity index (χ1n) is 14.2. The summed E-state index contributed by atoms with van der Waals surface area (Å²) in [6.45, 7) is 6.56. The summed E-state index contributed by atoms with van der Waals surface area (Å²) in [6, 6.07) is 30.0. The molecule has 0 bridgehead atoms. The number of carbonyl (C=O) groups is 1. The zero-order valence-electron chi connectivity index (χ0n) is 23.0. The first-order valence-corrected chi connectivity index (χ1v) is 14.9. The van der Waals surface area contributed by atoms with Gasteiger partial charge >= 0.3 is 5.97 Å². The molecule has 1 unspecified atom stereocenters. The Morgan fingerprint density at radius 1 is 0.750 bits per heavy atom. The van der Waals surface area contributed by atoms with Gasteiger partial charge in [-0.2, -0.15) is 0 Å². The average Bonchev–Trinajstić information content (AvgIpc) is 3.28. The van der Waals surface area contributed by atoms with Crippen LogP contribution in [0.25, 0.3) is 0 Å². The van der Waals surface area contributed by atoms with Crippen molar-refractivity contribution in [2.24, 2.45) is 0 Å². The second-order valence-corrected chi connectivity index (χ2v) is 11.5. The molecular weight excluding hydrogens is 516 g/mol. The smallest absolute Gasteiger partial charge is 0.340 e. The molecule has 4 aromatic rings. The van der Waals surface area contributed by atoms with E-state index < -0.39 is 5.60 Å². The van der Waals surface area contributed by atoms with Crippen molar-refractivity contribution in [3.63, 3.8) is 0 Å². The fourth-order valence-corrected chi connectivity index (χ4v) is 6.52. The molecule has 1 atom stereocenters. The third kappa shape index (κ3) is 4.87. The molecule has 204 valence electrons. The number of unbranched alkanes of at least 4 members (excludes halogenated alkanes) is 2. The van der Waals surface area contributed by atoms with Crippen LogP contribution in [0.1, 0.15) is 66.6 Å². The Morgan fingerprint density at radius 2 is 1.50 bits per heavy atom. The highest BCUT2D eigenvalue weighted by Crippen LogP contribution is 2.57. The van der Waals surface area contributed by atoms with Crippen molar-refractivity contribution in [1.82, 2.24) is 4.31 Å². The van der Waals surface area contributed by atoms with E-state index in [-0.39, 0.29) is 5.97 Å². The Labute approximate surface area is 240 Å². The maximum Gasteiger partial charge on any atom is 0.340 e. The maximum atomic E-state index is 13.3. The van der Waals surface area contributed by atoms with Crippen molar-refractivity contribution in [1.29, 1.82) is 0 Å². The van der Waals surface area contributed by atoms with E-state index in [1.54, 1.807) is 11.9 Å². The normalized spacial score (nSPS) is 16.7. The summed E-state index contributed by atoms with van der Waals surface area (Å²) >= 11 is 1.78. The van der Waals surface area contributed by atoms with Gasteiger partial charge in [-0.1, -0.05) is 63.1 Å². The van der Waals surface area contributed by atoms with E-state index in [4.69, 9.17) is 9.47 Å². The van der Waals surface area contributed by atoms with Gasteiger partial charge in [0.1, 0.15) is 11.5 Å². The lowest BCUT2D eigenvalue weighted by Gasteiger charge is -2.37. The zero-order valence-corrected chi connectivity index (χ0v) is 23.8. The number of esters is 1. The van der Waals surface area contributed by atoms with E-state index in [0.29, 0.717) is 11.3 Å². The highest BCUT2D eigenvalue weighted by Gasteiger charge is 2.53. The van der Waals surface area contributed by atoms with Gasteiger partial charge in [-0.05, 0) is 79.4 Å². The molecule has 40 heavy (non-hydrogen) atoms. The van der Waals surface area contributed by atoms with Gasteiger partial charge in [0.05, 0.1) is 5.56 Å². The van der Waals surface area contributed by atoms with Gasteiger partial charge in [-0.25, -0.2) is 9.10 Å². The van der Waals surface area contributed by atoms with Gasteiger partial charge in [0.25, 0.3) is 0 Å². The van der Waals surface area contributed by atoms with Crippen molar-refractivity contribution in [2.45, 2.75) is 50.0 Å². The largest absolute Gasteiger partial charge is 0.456 e. The summed E-state index contributed by atoms with van der Waals surface area (Å²) < 4.78 is 15.4. The Hall–Kier alpha value is -3.74. The number of hydrogen-bond donors (Lipinski definition) is 1. The number of rotatable bonds is 10. The summed E-state index contributed by atoms with van der Waals surface area (Å²) in [6.07, 6.45) is 4.67. The van der Waals surface area contributed by atoms with E-state index >= 15 is 0 Å². The molecule has 6 rings (SSSR count). The fourth-order valence-electron chi connectivity index (χ4n) is 5.50. The molecule has 0 amide bonds. The molecule has 1 spiro atoms. The number of hydrogen-bond acceptors (Lipinski definition) is 6. The van der Waals surface area contributed by atoms with Crippen molar-refractivity contribution in [2.75, 3.05) is 18.4 Å². The molecule has 0 aliphatic carbocycles. The van der Waals surface area contributed by atoms with Gasteiger partial charge in [-0.15, -0.1) is 0 Å². The van der Waals surface area contributed by atoms with Crippen LogP contribution >= 0.6 is 11.9 Å². The number of benzene rings is 4. The molecule has 0 radical (unpaired) electrons. The highest BCUT2D eigenvalue weighted by molar-refractivity contribution is 7.97. The fraction of sp³-hybridized carbons (Fsp3) is 0.265. The standard InChI is InChI=1S/C34H34N2O3S/c1-3-5-20-36(21-6-4-2)40-26-17-18-29-32(23-26)38-31-19-16-25(35-24-12-8-7-9-13-24)22-30(31)34(29)28-15-11-10-14-27(28)33(37)39-34/h7-19,22-23,35H,3-6,20-21H2,1-2H3. The first kappa shape index (κ1) is 26.5. The molecule has 2 aliphatic rings. The topological polar surface area (TPSA) is 50.8 Å². The Bertz CT molecular complexity index is 1520. The first-order chi connectivity index (χ1) is 19.6. The number of fused-ring (bicyclic) bond motifs is 6. The molecule has 4 aromatic carbocycles. The van der Waals surface area contributed by atoms with Crippen molar-refractivity contribution < 1.29 is 14.3 Å².